The Morgan fingerprint density at radius 1 is 1.26 bits per heavy atom. The Morgan fingerprint density at radius 3 is 2.37 bits per heavy atom. The third-order valence-electron chi connectivity index (χ3n) is 4.19. The second-order valence-corrected chi connectivity index (χ2v) is 6.66. The van der Waals surface area contributed by atoms with E-state index in [-0.39, 0.29) is 17.2 Å². The number of rotatable bonds is 1. The summed E-state index contributed by atoms with van der Waals surface area (Å²) in [7, 11) is 0. The van der Waals surface area contributed by atoms with Crippen LogP contribution in [-0.4, -0.2) is 11.0 Å². The minimum Gasteiger partial charge on any atom is -0.388 e. The number of anilines is 1. The first-order valence-corrected chi connectivity index (χ1v) is 6.77. The normalized spacial score (nSPS) is 20.2. The van der Waals surface area contributed by atoms with E-state index in [2.05, 4.69) is 5.32 Å². The van der Waals surface area contributed by atoms with Crippen molar-refractivity contribution in [1.82, 2.24) is 0 Å². The highest BCUT2D eigenvalue weighted by Crippen LogP contribution is 2.42. The van der Waals surface area contributed by atoms with Crippen molar-refractivity contribution in [2.24, 2.45) is 5.41 Å². The van der Waals surface area contributed by atoms with Crippen LogP contribution in [0.25, 0.3) is 0 Å². The highest BCUT2D eigenvalue weighted by molar-refractivity contribution is 6.03. The van der Waals surface area contributed by atoms with Gasteiger partial charge in [0, 0.05) is 5.69 Å². The number of benzene rings is 1. The summed E-state index contributed by atoms with van der Waals surface area (Å²) in [6.07, 6.45) is -0.528. The molecule has 1 amide bonds. The highest BCUT2D eigenvalue weighted by atomic mass is 16.3. The molecular formula is C16H23NO2. The summed E-state index contributed by atoms with van der Waals surface area (Å²) >= 11 is 0. The molecule has 0 aromatic heterocycles. The molecule has 104 valence electrons. The molecule has 1 aromatic carbocycles. The van der Waals surface area contributed by atoms with E-state index in [1.54, 1.807) is 0 Å². The van der Waals surface area contributed by atoms with Crippen molar-refractivity contribution in [3.63, 3.8) is 0 Å². The summed E-state index contributed by atoms with van der Waals surface area (Å²) in [4.78, 5) is 11.8. The van der Waals surface area contributed by atoms with Gasteiger partial charge in [-0.2, -0.15) is 0 Å². The SMILES string of the molecule is Cc1c(C(O)C(C)(C)C)cc2c(c1C)NC(=O)C2C. The first-order chi connectivity index (χ1) is 8.64. The minimum absolute atomic E-state index is 0.0416. The zero-order valence-electron chi connectivity index (χ0n) is 12.6. The highest BCUT2D eigenvalue weighted by Gasteiger charge is 2.32. The van der Waals surface area contributed by atoms with Gasteiger partial charge in [-0.1, -0.05) is 26.8 Å². The molecule has 1 aliphatic heterocycles. The topological polar surface area (TPSA) is 49.3 Å². The van der Waals surface area contributed by atoms with Crippen LogP contribution in [0.5, 0.6) is 0 Å². The van der Waals surface area contributed by atoms with Gasteiger partial charge in [0.2, 0.25) is 5.91 Å². The van der Waals surface area contributed by atoms with E-state index in [1.165, 1.54) is 0 Å². The van der Waals surface area contributed by atoms with Gasteiger partial charge in [0.15, 0.2) is 0 Å². The van der Waals surface area contributed by atoms with Crippen LogP contribution in [-0.2, 0) is 4.79 Å². The van der Waals surface area contributed by atoms with Gasteiger partial charge in [-0.3, -0.25) is 4.79 Å². The third kappa shape index (κ3) is 2.16. The molecule has 3 heteroatoms. The van der Waals surface area contributed by atoms with E-state index in [1.807, 2.05) is 47.6 Å². The fourth-order valence-corrected chi connectivity index (χ4v) is 2.60. The Labute approximate surface area is 115 Å². The number of hydrogen-bond acceptors (Lipinski definition) is 2. The first-order valence-electron chi connectivity index (χ1n) is 6.77. The maximum absolute atomic E-state index is 11.8. The van der Waals surface area contributed by atoms with E-state index in [4.69, 9.17) is 0 Å². The summed E-state index contributed by atoms with van der Waals surface area (Å²) in [5, 5.41) is 13.5. The number of amides is 1. The number of fused-ring (bicyclic) bond motifs is 1. The van der Waals surface area contributed by atoms with Crippen LogP contribution in [0.4, 0.5) is 5.69 Å². The summed E-state index contributed by atoms with van der Waals surface area (Å²) in [5.41, 5.74) is 4.78. The van der Waals surface area contributed by atoms with E-state index in [9.17, 15) is 9.90 Å². The van der Waals surface area contributed by atoms with Gasteiger partial charge in [-0.15, -0.1) is 0 Å². The van der Waals surface area contributed by atoms with Crippen LogP contribution in [0.2, 0.25) is 0 Å². The predicted octanol–water partition coefficient (Wildman–Crippen LogP) is 3.44. The van der Waals surface area contributed by atoms with E-state index in [0.717, 1.165) is 27.9 Å². The maximum atomic E-state index is 11.8. The number of carbonyl (C=O) groups is 1. The lowest BCUT2D eigenvalue weighted by Crippen LogP contribution is -2.19. The van der Waals surface area contributed by atoms with Gasteiger partial charge in [0.05, 0.1) is 12.0 Å². The molecule has 1 heterocycles. The molecule has 0 fully saturated rings. The molecule has 2 unspecified atom stereocenters. The summed E-state index contributed by atoms with van der Waals surface area (Å²) in [5.74, 6) is -0.0971. The van der Waals surface area contributed by atoms with Crippen LogP contribution in [0.15, 0.2) is 6.07 Å². The Balaban J connectivity index is 2.61. The smallest absolute Gasteiger partial charge is 0.231 e. The fraction of sp³-hybridized carbons (Fsp3) is 0.562. The fourth-order valence-electron chi connectivity index (χ4n) is 2.60. The van der Waals surface area contributed by atoms with Crippen LogP contribution >= 0.6 is 0 Å². The lowest BCUT2D eigenvalue weighted by molar-refractivity contribution is -0.116. The summed E-state index contributed by atoms with van der Waals surface area (Å²) in [6, 6.07) is 2.00. The molecule has 0 radical (unpaired) electrons. The number of aliphatic hydroxyl groups is 1. The molecule has 0 bridgehead atoms. The first kappa shape index (κ1) is 14.1. The molecule has 2 rings (SSSR count). The predicted molar refractivity (Wildman–Crippen MR) is 77.4 cm³/mol. The van der Waals surface area contributed by atoms with Gasteiger partial charge in [0.25, 0.3) is 0 Å². The Bertz CT molecular complexity index is 541. The molecule has 1 aromatic rings. The van der Waals surface area contributed by atoms with Crippen LogP contribution in [0, 0.1) is 19.3 Å². The van der Waals surface area contributed by atoms with Crippen molar-refractivity contribution in [1.29, 1.82) is 0 Å². The van der Waals surface area contributed by atoms with Crippen molar-refractivity contribution in [3.05, 3.63) is 28.3 Å². The van der Waals surface area contributed by atoms with Gasteiger partial charge in [-0.05, 0) is 48.4 Å². The van der Waals surface area contributed by atoms with Gasteiger partial charge in [0.1, 0.15) is 0 Å². The number of hydrogen-bond donors (Lipinski definition) is 2. The minimum atomic E-state index is -0.528. The Hall–Kier alpha value is -1.35. The zero-order valence-corrected chi connectivity index (χ0v) is 12.6. The van der Waals surface area contributed by atoms with Gasteiger partial charge >= 0.3 is 0 Å². The maximum Gasteiger partial charge on any atom is 0.231 e. The Kier molecular flexibility index (Phi) is 3.21. The molecule has 19 heavy (non-hydrogen) atoms. The molecule has 2 N–H and O–H groups in total. The quantitative estimate of drug-likeness (QED) is 0.813. The van der Waals surface area contributed by atoms with Crippen LogP contribution in [0.1, 0.15) is 62.0 Å². The molecule has 0 spiro atoms. The van der Waals surface area contributed by atoms with Crippen molar-refractivity contribution in [3.8, 4) is 0 Å². The van der Waals surface area contributed by atoms with E-state index < -0.39 is 6.10 Å². The summed E-state index contributed by atoms with van der Waals surface area (Å²) < 4.78 is 0. The molecule has 0 aliphatic carbocycles. The number of aliphatic hydroxyl groups excluding tert-OH is 1. The molecular weight excluding hydrogens is 238 g/mol. The van der Waals surface area contributed by atoms with Crippen molar-refractivity contribution < 1.29 is 9.90 Å². The van der Waals surface area contributed by atoms with Gasteiger partial charge in [-0.25, -0.2) is 0 Å². The average molecular weight is 261 g/mol. The second-order valence-electron chi connectivity index (χ2n) is 6.66. The molecule has 3 nitrogen and oxygen atoms in total. The van der Waals surface area contributed by atoms with Crippen LogP contribution < -0.4 is 5.32 Å². The van der Waals surface area contributed by atoms with Crippen molar-refractivity contribution in [2.45, 2.75) is 53.6 Å². The number of nitrogens with one attached hydrogen (secondary N) is 1. The van der Waals surface area contributed by atoms with Crippen molar-refractivity contribution in [2.75, 3.05) is 5.32 Å². The lowest BCUT2D eigenvalue weighted by Gasteiger charge is -2.29. The molecule has 2 atom stereocenters. The average Bonchev–Trinajstić information content (AvgIpc) is 2.59. The van der Waals surface area contributed by atoms with E-state index >= 15 is 0 Å². The Morgan fingerprint density at radius 2 is 1.84 bits per heavy atom. The molecule has 0 saturated heterocycles. The largest absolute Gasteiger partial charge is 0.388 e. The third-order valence-corrected chi connectivity index (χ3v) is 4.19. The molecule has 1 aliphatic rings. The molecule has 0 saturated carbocycles. The zero-order chi connectivity index (χ0) is 14.5. The second kappa shape index (κ2) is 4.34. The van der Waals surface area contributed by atoms with Crippen molar-refractivity contribution >= 4 is 11.6 Å². The van der Waals surface area contributed by atoms with E-state index in [0.29, 0.717) is 0 Å². The lowest BCUT2D eigenvalue weighted by atomic mass is 9.80. The van der Waals surface area contributed by atoms with Gasteiger partial charge < -0.3 is 10.4 Å². The summed E-state index contributed by atoms with van der Waals surface area (Å²) in [6.45, 7) is 12.0. The van der Waals surface area contributed by atoms with Crippen LogP contribution in [0.3, 0.4) is 0 Å². The number of carbonyl (C=O) groups excluding carboxylic acids is 1. The standard InChI is InChI=1S/C16H23NO2/c1-8-9(2)13-11(10(3)15(19)17-13)7-12(8)14(18)16(4,5)6/h7,10,14,18H,1-6H3,(H,17,19). The monoisotopic (exact) mass is 261 g/mol.